The van der Waals surface area contributed by atoms with Gasteiger partial charge in [-0.25, -0.2) is 0 Å². The highest BCUT2D eigenvalue weighted by Crippen LogP contribution is 2.59. The van der Waals surface area contributed by atoms with E-state index >= 15 is 0 Å². The van der Waals surface area contributed by atoms with Crippen LogP contribution in [0.4, 0.5) is 28.4 Å². The van der Waals surface area contributed by atoms with Crippen LogP contribution in [-0.4, -0.2) is 47.1 Å². The fraction of sp³-hybridized carbons (Fsp3) is 0.396. The number of nitrogens with one attached hydrogen (secondary N) is 1. The number of anilines is 5. The standard InChI is InChI=1S/C48H58N6O2/c1-6-11-19-34-25-26-40-37(32-34)50-45-43(55-40)33-36(48-51(9-4)29-18-30-52(48)10-5)46(44(45)47-49-28-27-35(20-12-7-2)53(47)31-13-8-3)54-38-21-14-16-23-41(38)56-42-24-17-15-22-39(42)54/h14-18,21-29,32-33,47-48,50H,6-13,19-20,30-31H2,1-5H3. The lowest BCUT2D eigenvalue weighted by molar-refractivity contribution is 0.0813. The normalized spacial score (nSPS) is 18.3. The van der Waals surface area contributed by atoms with Crippen LogP contribution in [0.3, 0.4) is 0 Å². The molecule has 0 saturated carbocycles. The van der Waals surface area contributed by atoms with Crippen LogP contribution in [-0.2, 0) is 6.42 Å². The number of ether oxygens (including phenoxy) is 2. The third-order valence-electron chi connectivity index (χ3n) is 11.6. The molecule has 2 unspecified atom stereocenters. The molecule has 2 atom stereocenters. The summed E-state index contributed by atoms with van der Waals surface area (Å²) in [7, 11) is 0. The van der Waals surface area contributed by atoms with Gasteiger partial charge in [0, 0.05) is 42.7 Å². The van der Waals surface area contributed by atoms with E-state index in [4.69, 9.17) is 14.5 Å². The van der Waals surface area contributed by atoms with Crippen LogP contribution in [0.15, 0.2) is 102 Å². The van der Waals surface area contributed by atoms with Gasteiger partial charge in [0.15, 0.2) is 29.2 Å². The number of hydrogen-bond donors (Lipinski definition) is 1. The molecule has 0 aromatic heterocycles. The van der Waals surface area contributed by atoms with Crippen LogP contribution in [0, 0.1) is 0 Å². The van der Waals surface area contributed by atoms with Gasteiger partial charge in [0.05, 0.1) is 28.4 Å². The molecule has 292 valence electrons. The molecule has 0 amide bonds. The topological polar surface area (TPSA) is 55.8 Å². The van der Waals surface area contributed by atoms with Crippen molar-refractivity contribution in [3.05, 3.63) is 114 Å². The molecule has 56 heavy (non-hydrogen) atoms. The molecule has 0 saturated heterocycles. The average molecular weight is 751 g/mol. The minimum Gasteiger partial charge on any atom is -0.453 e. The van der Waals surface area contributed by atoms with E-state index in [1.54, 1.807) is 0 Å². The molecule has 0 radical (unpaired) electrons. The second-order valence-corrected chi connectivity index (χ2v) is 15.3. The summed E-state index contributed by atoms with van der Waals surface area (Å²) in [5.41, 5.74) is 10.1. The van der Waals surface area contributed by atoms with Gasteiger partial charge in [-0.1, -0.05) is 83.4 Å². The maximum Gasteiger partial charge on any atom is 0.151 e. The molecule has 0 spiro atoms. The molecular weight excluding hydrogens is 693 g/mol. The number of unbranched alkanes of at least 4 members (excludes halogenated alkanes) is 3. The molecule has 8 nitrogen and oxygen atoms in total. The van der Waals surface area contributed by atoms with Crippen LogP contribution >= 0.6 is 0 Å². The minimum atomic E-state index is -0.297. The molecule has 0 aliphatic carbocycles. The van der Waals surface area contributed by atoms with Gasteiger partial charge in [-0.2, -0.15) is 0 Å². The van der Waals surface area contributed by atoms with Crippen molar-refractivity contribution in [1.29, 1.82) is 0 Å². The SMILES string of the molecule is CCCCC1=CC=NC(c2c3c(cc(C4N(CC)C=CCN4CC)c2N2c4ccccc4Oc4ccccc42)Oc2ccc(CCCC)cc2N3)N1CCCC. The Morgan fingerprint density at radius 3 is 2.18 bits per heavy atom. The Morgan fingerprint density at radius 1 is 0.750 bits per heavy atom. The number of aliphatic imine (C=N–C) groups is 1. The molecule has 0 fully saturated rings. The second-order valence-electron chi connectivity index (χ2n) is 15.3. The fourth-order valence-corrected chi connectivity index (χ4v) is 8.71. The maximum atomic E-state index is 7.08. The quantitative estimate of drug-likeness (QED) is 0.119. The zero-order chi connectivity index (χ0) is 38.6. The van der Waals surface area contributed by atoms with Crippen molar-refractivity contribution in [2.75, 3.05) is 36.4 Å². The third-order valence-corrected chi connectivity index (χ3v) is 11.6. The number of benzene rings is 4. The lowest BCUT2D eigenvalue weighted by Crippen LogP contribution is -2.43. The maximum absolute atomic E-state index is 7.08. The number of para-hydroxylation sites is 4. The first-order chi connectivity index (χ1) is 27.6. The van der Waals surface area contributed by atoms with Crippen LogP contribution in [0.5, 0.6) is 23.0 Å². The van der Waals surface area contributed by atoms with Gasteiger partial charge in [-0.05, 0) is 106 Å². The van der Waals surface area contributed by atoms with Gasteiger partial charge in [0.25, 0.3) is 0 Å². The monoisotopic (exact) mass is 750 g/mol. The second kappa shape index (κ2) is 16.9. The van der Waals surface area contributed by atoms with Crippen LogP contribution in [0.1, 0.15) is 109 Å². The summed E-state index contributed by atoms with van der Waals surface area (Å²) >= 11 is 0. The number of nitrogens with zero attached hydrogens (tertiary/aromatic N) is 5. The highest BCUT2D eigenvalue weighted by Gasteiger charge is 2.41. The Balaban J connectivity index is 1.46. The summed E-state index contributed by atoms with van der Waals surface area (Å²) in [6, 6.07) is 25.9. The molecule has 4 aliphatic rings. The first kappa shape index (κ1) is 37.7. The smallest absolute Gasteiger partial charge is 0.151 e. The van der Waals surface area contributed by atoms with Gasteiger partial charge < -0.3 is 29.5 Å². The number of fused-ring (bicyclic) bond motifs is 4. The summed E-state index contributed by atoms with van der Waals surface area (Å²) in [6.45, 7) is 14.9. The summed E-state index contributed by atoms with van der Waals surface area (Å²) in [6.07, 6.45) is 17.3. The van der Waals surface area contributed by atoms with E-state index in [1.165, 1.54) is 16.8 Å². The third kappa shape index (κ3) is 7.04. The molecular formula is C48H58N6O2. The zero-order valence-corrected chi connectivity index (χ0v) is 33.9. The highest BCUT2D eigenvalue weighted by atomic mass is 16.5. The lowest BCUT2D eigenvalue weighted by Gasteiger charge is -2.46. The van der Waals surface area contributed by atoms with Crippen molar-refractivity contribution >= 4 is 34.7 Å². The summed E-state index contributed by atoms with van der Waals surface area (Å²) < 4.78 is 13.7. The van der Waals surface area contributed by atoms with Crippen LogP contribution in [0.2, 0.25) is 0 Å². The van der Waals surface area contributed by atoms with E-state index < -0.39 is 0 Å². The number of hydrogen-bond acceptors (Lipinski definition) is 8. The van der Waals surface area contributed by atoms with Crippen molar-refractivity contribution in [3.8, 4) is 23.0 Å². The van der Waals surface area contributed by atoms with Crippen molar-refractivity contribution in [2.45, 2.75) is 98.3 Å². The van der Waals surface area contributed by atoms with Crippen molar-refractivity contribution in [2.24, 2.45) is 4.99 Å². The number of likely N-dealkylation sites (N-methyl/N-ethyl adjacent to an activating group) is 1. The predicted octanol–water partition coefficient (Wildman–Crippen LogP) is 12.9. The van der Waals surface area contributed by atoms with Gasteiger partial charge in [-0.15, -0.1) is 0 Å². The van der Waals surface area contributed by atoms with Crippen LogP contribution < -0.4 is 19.7 Å². The molecule has 0 bridgehead atoms. The number of allylic oxidation sites excluding steroid dienone is 2. The van der Waals surface area contributed by atoms with Crippen LogP contribution in [0.25, 0.3) is 0 Å². The molecule has 1 N–H and O–H groups in total. The van der Waals surface area contributed by atoms with Gasteiger partial charge in [0.1, 0.15) is 6.17 Å². The molecule has 8 heteroatoms. The zero-order valence-electron chi connectivity index (χ0n) is 33.9. The molecule has 4 aliphatic heterocycles. The largest absolute Gasteiger partial charge is 0.453 e. The summed E-state index contributed by atoms with van der Waals surface area (Å²) in [5.74, 6) is 3.35. The Labute approximate surface area is 334 Å². The Morgan fingerprint density at radius 2 is 1.46 bits per heavy atom. The van der Waals surface area contributed by atoms with Crippen molar-refractivity contribution < 1.29 is 9.47 Å². The van der Waals surface area contributed by atoms with E-state index in [0.717, 1.165) is 135 Å². The van der Waals surface area contributed by atoms with E-state index in [1.807, 2.05) is 0 Å². The van der Waals surface area contributed by atoms with Crippen molar-refractivity contribution in [1.82, 2.24) is 14.7 Å². The fourth-order valence-electron chi connectivity index (χ4n) is 8.71. The molecule has 4 aromatic carbocycles. The Kier molecular flexibility index (Phi) is 11.4. The number of rotatable bonds is 14. The van der Waals surface area contributed by atoms with E-state index in [9.17, 15) is 0 Å². The Hall–Kier alpha value is -5.21. The van der Waals surface area contributed by atoms with E-state index in [2.05, 4.69) is 157 Å². The van der Waals surface area contributed by atoms with Crippen molar-refractivity contribution in [3.63, 3.8) is 0 Å². The van der Waals surface area contributed by atoms with E-state index in [-0.39, 0.29) is 12.3 Å². The molecule has 4 heterocycles. The first-order valence-electron chi connectivity index (χ1n) is 21.2. The highest BCUT2D eigenvalue weighted by molar-refractivity contribution is 5.94. The van der Waals surface area contributed by atoms with Gasteiger partial charge in [-0.3, -0.25) is 9.89 Å². The van der Waals surface area contributed by atoms with Gasteiger partial charge in [0.2, 0.25) is 0 Å². The molecule has 4 aromatic rings. The van der Waals surface area contributed by atoms with Gasteiger partial charge >= 0.3 is 0 Å². The summed E-state index contributed by atoms with van der Waals surface area (Å²) in [4.78, 5) is 15.6. The number of aryl methyl sites for hydroxylation is 1. The predicted molar refractivity (Wildman–Crippen MR) is 232 cm³/mol. The average Bonchev–Trinajstić information content (AvgIpc) is 3.24. The van der Waals surface area contributed by atoms with E-state index in [0.29, 0.717) is 0 Å². The molecule has 8 rings (SSSR count). The first-order valence-corrected chi connectivity index (χ1v) is 21.2. The minimum absolute atomic E-state index is 0.0515. The lowest BCUT2D eigenvalue weighted by atomic mass is 9.92. The Bertz CT molecular complexity index is 2080. The summed E-state index contributed by atoms with van der Waals surface area (Å²) in [5, 5.41) is 4.02.